The molecule has 12 N–H and O–H groups in total. The molecular weight excluding hydrogens is 863 g/mol. The molecule has 0 saturated carbocycles. The van der Waals surface area contributed by atoms with E-state index in [-0.39, 0.29) is 38.0 Å². The number of ether oxygens (including phenoxy) is 5. The van der Waals surface area contributed by atoms with Gasteiger partial charge in [0.25, 0.3) is 0 Å². The summed E-state index contributed by atoms with van der Waals surface area (Å²) in [5.74, 6) is -6.12. The Hall–Kier alpha value is -3.44. The number of hydrogen-bond acceptors (Lipinski definition) is 17. The van der Waals surface area contributed by atoms with E-state index in [1.54, 1.807) is 75.5 Å². The van der Waals surface area contributed by atoms with E-state index in [1.165, 1.54) is 7.11 Å². The molecule has 0 aromatic carbocycles. The van der Waals surface area contributed by atoms with Crippen LogP contribution in [0.5, 0.6) is 0 Å². The van der Waals surface area contributed by atoms with Gasteiger partial charge in [-0.1, -0.05) is 98.9 Å². The van der Waals surface area contributed by atoms with Gasteiger partial charge in [0.2, 0.25) is 0 Å². The summed E-state index contributed by atoms with van der Waals surface area (Å²) in [5, 5.41) is 108. The van der Waals surface area contributed by atoms with Gasteiger partial charge < -0.3 is 80.5 Å². The minimum absolute atomic E-state index is 0.0813. The third-order valence-electron chi connectivity index (χ3n) is 12.4. The number of nitrogens with two attached hydrogens (primary N) is 1. The van der Waals surface area contributed by atoms with E-state index in [4.69, 9.17) is 29.4 Å². The number of rotatable bonds is 4. The molecule has 3 rings (SSSR count). The Balaban J connectivity index is 1.89. The number of carbonyl (C=O) groups excluding carboxylic acids is 1. The number of carboxylic acids is 1. The first-order valence-electron chi connectivity index (χ1n) is 22.7. The highest BCUT2D eigenvalue weighted by molar-refractivity contribution is 5.71. The van der Waals surface area contributed by atoms with E-state index in [9.17, 15) is 60.7 Å². The third-order valence-corrected chi connectivity index (χ3v) is 12.4. The standard InChI is InChI=1S/C48H75NO17/c1-28-18-16-14-12-10-8-6-7-9-11-13-15-17-19-35(65-47-45(59)42(49)44(58)31(4)64-47)25-39-41(46(60)61)38(55)27-48(62-5,66-39)26-34(52)23-37(54)36(53)21-20-32(50)22-33(51)24-40(56)63-30(3)29(2)43(28)57/h6-19,28-39,41-45,47,50-55,57-59H,20-27,49H2,1-5H3,(H,60,61)/b7-6+,10-8+,11-9+,14-12+,15-13+,18-16+,19-17+/t28-,29-,30-,31+,32?,33+,34?,35-,36+,37+,38-,39?,41+,42-,43+,44+,45+,47-,48+/m0/s1. The van der Waals surface area contributed by atoms with Crippen molar-refractivity contribution >= 4 is 11.9 Å². The van der Waals surface area contributed by atoms with Gasteiger partial charge in [-0.15, -0.1) is 0 Å². The lowest BCUT2D eigenvalue weighted by Gasteiger charge is -2.47. The SMILES string of the molecule is CO[C@]12CC(O)C[C@@H](O)[C@H](O)CCC(O)C[C@@H](O)CC(=O)O[C@@H](C)[C@H](C)[C@H](O)[C@@H](C)/C=C/C=C/C=C/C=C/C=C/C=C/C=C/[C@H](O[C@@H]3O[C@H](C)[C@@H](O)[C@H](N)[C@H]3O)CC(O1)[C@H](C(=O)O)[C@@H](O)C2. The summed E-state index contributed by atoms with van der Waals surface area (Å²) < 4.78 is 29.3. The Bertz CT molecular complexity index is 1680. The minimum Gasteiger partial charge on any atom is -0.481 e. The fourth-order valence-electron chi connectivity index (χ4n) is 8.16. The molecule has 0 amide bonds. The lowest BCUT2D eigenvalue weighted by Crippen LogP contribution is -2.61. The molecule has 2 bridgehead atoms. The number of carbonyl (C=O) groups is 2. The van der Waals surface area contributed by atoms with Crippen LogP contribution in [0.2, 0.25) is 0 Å². The van der Waals surface area contributed by atoms with E-state index < -0.39 is 141 Å². The zero-order valence-electron chi connectivity index (χ0n) is 38.5. The maximum atomic E-state index is 12.6. The van der Waals surface area contributed by atoms with Crippen LogP contribution in [0, 0.1) is 17.8 Å². The Morgan fingerprint density at radius 2 is 1.24 bits per heavy atom. The number of aliphatic hydroxyl groups excluding tert-OH is 9. The van der Waals surface area contributed by atoms with E-state index >= 15 is 0 Å². The summed E-state index contributed by atoms with van der Waals surface area (Å²) in [4.78, 5) is 25.2. The minimum atomic E-state index is -1.78. The van der Waals surface area contributed by atoms with Gasteiger partial charge in [0, 0.05) is 44.6 Å². The molecule has 19 atom stereocenters. The lowest BCUT2D eigenvalue weighted by molar-refractivity contribution is -0.317. The second-order valence-corrected chi connectivity index (χ2v) is 17.7. The van der Waals surface area contributed by atoms with Gasteiger partial charge in [0.05, 0.1) is 79.6 Å². The van der Waals surface area contributed by atoms with Gasteiger partial charge >= 0.3 is 11.9 Å². The number of fused-ring (bicyclic) bond motifs is 2. The highest BCUT2D eigenvalue weighted by Gasteiger charge is 2.52. The van der Waals surface area contributed by atoms with Crippen LogP contribution in [0.1, 0.15) is 79.1 Å². The third kappa shape index (κ3) is 18.2. The molecule has 0 spiro atoms. The van der Waals surface area contributed by atoms with Crippen molar-refractivity contribution in [3.05, 3.63) is 85.1 Å². The van der Waals surface area contributed by atoms with Crippen LogP contribution in [0.15, 0.2) is 85.1 Å². The summed E-state index contributed by atoms with van der Waals surface area (Å²) >= 11 is 0. The molecular formula is C48H75NO17. The van der Waals surface area contributed by atoms with E-state index in [1.807, 2.05) is 37.3 Å². The second kappa shape index (κ2) is 28.1. The van der Waals surface area contributed by atoms with Crippen molar-refractivity contribution in [2.45, 2.75) is 177 Å². The van der Waals surface area contributed by atoms with E-state index in [2.05, 4.69) is 0 Å². The Kier molecular flexibility index (Phi) is 24.3. The average Bonchev–Trinajstić information content (AvgIpc) is 3.24. The number of esters is 1. The molecule has 374 valence electrons. The summed E-state index contributed by atoms with van der Waals surface area (Å²) in [5.41, 5.74) is 6.05. The van der Waals surface area contributed by atoms with Crippen LogP contribution >= 0.6 is 0 Å². The van der Waals surface area contributed by atoms with Crippen molar-refractivity contribution in [2.24, 2.45) is 23.5 Å². The molecule has 3 aliphatic rings. The molecule has 0 aromatic heterocycles. The summed E-state index contributed by atoms with van der Waals surface area (Å²) in [6.07, 6.45) is 5.15. The van der Waals surface area contributed by atoms with E-state index in [0.717, 1.165) is 0 Å². The highest BCUT2D eigenvalue weighted by atomic mass is 16.7. The molecule has 18 nitrogen and oxygen atoms in total. The van der Waals surface area contributed by atoms with Crippen molar-refractivity contribution < 1.29 is 84.3 Å². The fraction of sp³-hybridized carbons (Fsp3) is 0.667. The zero-order valence-corrected chi connectivity index (χ0v) is 38.5. The smallest absolute Gasteiger partial charge is 0.311 e. The first-order valence-corrected chi connectivity index (χ1v) is 22.7. The molecule has 0 aromatic rings. The maximum absolute atomic E-state index is 12.6. The van der Waals surface area contributed by atoms with Crippen LogP contribution in [-0.4, -0.2) is 168 Å². The van der Waals surface area contributed by atoms with Crippen molar-refractivity contribution in [2.75, 3.05) is 7.11 Å². The normalized spacial score (nSPS) is 45.0. The van der Waals surface area contributed by atoms with Gasteiger partial charge in [-0.05, 0) is 33.1 Å². The molecule has 66 heavy (non-hydrogen) atoms. The Labute approximate surface area is 387 Å². The Morgan fingerprint density at radius 1 is 0.667 bits per heavy atom. The largest absolute Gasteiger partial charge is 0.481 e. The average molecular weight is 938 g/mol. The number of cyclic esters (lactones) is 1. The molecule has 18 heteroatoms. The Morgan fingerprint density at radius 3 is 1.82 bits per heavy atom. The van der Waals surface area contributed by atoms with Crippen molar-refractivity contribution in [1.82, 2.24) is 0 Å². The maximum Gasteiger partial charge on any atom is 0.311 e. The van der Waals surface area contributed by atoms with Crippen LogP contribution < -0.4 is 5.73 Å². The van der Waals surface area contributed by atoms with Crippen molar-refractivity contribution in [3.63, 3.8) is 0 Å². The van der Waals surface area contributed by atoms with Gasteiger partial charge in [0.1, 0.15) is 18.1 Å². The van der Waals surface area contributed by atoms with Gasteiger partial charge in [-0.3, -0.25) is 9.59 Å². The monoisotopic (exact) mass is 938 g/mol. The summed E-state index contributed by atoms with van der Waals surface area (Å²) in [6, 6.07) is -1.13. The number of carboxylic acid groups (broad SMARTS) is 1. The number of aliphatic carboxylic acids is 1. The molecule has 3 unspecified atom stereocenters. The highest BCUT2D eigenvalue weighted by Crippen LogP contribution is 2.40. The lowest BCUT2D eigenvalue weighted by atomic mass is 9.82. The van der Waals surface area contributed by atoms with Crippen LogP contribution in [0.4, 0.5) is 0 Å². The molecule has 3 heterocycles. The van der Waals surface area contributed by atoms with Crippen LogP contribution in [-0.2, 0) is 33.3 Å². The quantitative estimate of drug-likeness (QED) is 0.177. The molecule has 0 radical (unpaired) electrons. The first kappa shape index (κ1) is 56.9. The van der Waals surface area contributed by atoms with Crippen molar-refractivity contribution in [3.8, 4) is 0 Å². The molecule has 3 aliphatic heterocycles. The second-order valence-electron chi connectivity index (χ2n) is 17.7. The number of allylic oxidation sites excluding steroid dienone is 12. The molecule has 2 fully saturated rings. The predicted octanol–water partition coefficient (Wildman–Crippen LogP) is 1.37. The molecule has 0 aliphatic carbocycles. The molecule has 2 saturated heterocycles. The van der Waals surface area contributed by atoms with Crippen LogP contribution in [0.3, 0.4) is 0 Å². The van der Waals surface area contributed by atoms with Gasteiger partial charge in [0.15, 0.2) is 12.1 Å². The number of methoxy groups -OCH3 is 1. The number of aliphatic hydroxyl groups is 9. The first-order chi connectivity index (χ1) is 31.2. The summed E-state index contributed by atoms with van der Waals surface area (Å²) in [7, 11) is 1.25. The zero-order chi connectivity index (χ0) is 49.1. The topological polar surface area (TPSA) is 309 Å². The van der Waals surface area contributed by atoms with Gasteiger partial charge in [-0.25, -0.2) is 0 Å². The fourth-order valence-corrected chi connectivity index (χ4v) is 8.16. The predicted molar refractivity (Wildman–Crippen MR) is 242 cm³/mol. The van der Waals surface area contributed by atoms with Gasteiger partial charge in [-0.2, -0.15) is 0 Å². The van der Waals surface area contributed by atoms with Crippen LogP contribution in [0.25, 0.3) is 0 Å². The van der Waals surface area contributed by atoms with Crippen molar-refractivity contribution in [1.29, 1.82) is 0 Å². The summed E-state index contributed by atoms with van der Waals surface area (Å²) in [6.45, 7) is 6.79. The van der Waals surface area contributed by atoms with E-state index in [0.29, 0.717) is 0 Å². The number of hydrogen-bond donors (Lipinski definition) is 11.